The average molecular weight is 405 g/mol. The topological polar surface area (TPSA) is 74.2 Å². The molecule has 3 heterocycles. The molecule has 6 atom stereocenters. The SMILES string of the molecule is O=C1CC[C@@H]([C@@H]2CC[C@@H]([C@@H]3CC[C@H]([C@@H](O)CCCOCc4ccccc4)O3)O2)O1. The van der Waals surface area contributed by atoms with E-state index in [-0.39, 0.29) is 36.5 Å². The number of carbonyl (C=O) groups excluding carboxylic acids is 1. The number of rotatable bonds is 9. The second kappa shape index (κ2) is 10.0. The van der Waals surface area contributed by atoms with Crippen LogP contribution in [0.1, 0.15) is 56.9 Å². The number of aliphatic hydroxyl groups excluding tert-OH is 1. The Morgan fingerprint density at radius 2 is 1.69 bits per heavy atom. The summed E-state index contributed by atoms with van der Waals surface area (Å²) in [6, 6.07) is 10.1. The molecular formula is C23H32O6. The van der Waals surface area contributed by atoms with Crippen molar-refractivity contribution in [1.29, 1.82) is 0 Å². The standard InChI is InChI=1S/C23H32O6/c24-17(7-4-14-26-15-16-5-2-1-3-6-16)18-8-9-19(27-18)20-10-11-21(28-20)22-12-13-23(25)29-22/h1-3,5-6,17-22,24H,4,7-15H2/t17-,18+,19-,20-,21-,22-/m0/s1. The Bertz CT molecular complexity index is 650. The van der Waals surface area contributed by atoms with Crippen LogP contribution in [0, 0.1) is 0 Å². The number of esters is 1. The van der Waals surface area contributed by atoms with Gasteiger partial charge in [-0.3, -0.25) is 4.79 Å². The number of cyclic esters (lactones) is 1. The minimum atomic E-state index is -0.465. The summed E-state index contributed by atoms with van der Waals surface area (Å²) < 4.78 is 23.3. The van der Waals surface area contributed by atoms with Gasteiger partial charge in [0.1, 0.15) is 6.10 Å². The summed E-state index contributed by atoms with van der Waals surface area (Å²) in [5.74, 6) is -0.116. The molecule has 3 saturated heterocycles. The molecule has 3 aliphatic heterocycles. The van der Waals surface area contributed by atoms with Crippen molar-refractivity contribution in [1.82, 2.24) is 0 Å². The fourth-order valence-corrected chi connectivity index (χ4v) is 4.64. The molecule has 1 N–H and O–H groups in total. The van der Waals surface area contributed by atoms with E-state index < -0.39 is 6.10 Å². The van der Waals surface area contributed by atoms with Gasteiger partial charge in [-0.05, 0) is 50.5 Å². The second-order valence-electron chi connectivity index (χ2n) is 8.40. The zero-order valence-electron chi connectivity index (χ0n) is 16.9. The molecule has 3 aliphatic rings. The van der Waals surface area contributed by atoms with E-state index in [1.165, 1.54) is 0 Å². The predicted octanol–water partition coefficient (Wildman–Crippen LogP) is 3.15. The molecule has 29 heavy (non-hydrogen) atoms. The number of benzene rings is 1. The van der Waals surface area contributed by atoms with E-state index >= 15 is 0 Å². The second-order valence-corrected chi connectivity index (χ2v) is 8.40. The Morgan fingerprint density at radius 1 is 0.966 bits per heavy atom. The predicted molar refractivity (Wildman–Crippen MR) is 106 cm³/mol. The zero-order chi connectivity index (χ0) is 20.1. The summed E-state index contributed by atoms with van der Waals surface area (Å²) in [5.41, 5.74) is 1.16. The first-order valence-corrected chi connectivity index (χ1v) is 11.0. The van der Waals surface area contributed by atoms with Crippen LogP contribution in [0.4, 0.5) is 0 Å². The van der Waals surface area contributed by atoms with E-state index in [0.29, 0.717) is 26.1 Å². The summed E-state index contributed by atoms with van der Waals surface area (Å²) >= 11 is 0. The van der Waals surface area contributed by atoms with Gasteiger partial charge < -0.3 is 24.1 Å². The maximum absolute atomic E-state index is 11.3. The van der Waals surface area contributed by atoms with Crippen molar-refractivity contribution in [3.8, 4) is 0 Å². The molecule has 160 valence electrons. The first-order valence-electron chi connectivity index (χ1n) is 11.0. The lowest BCUT2D eigenvalue weighted by atomic mass is 10.0. The number of aliphatic hydroxyl groups is 1. The van der Waals surface area contributed by atoms with Gasteiger partial charge in [-0.2, -0.15) is 0 Å². The molecule has 1 aromatic rings. The number of hydrogen-bond donors (Lipinski definition) is 1. The normalized spacial score (nSPS) is 33.1. The Balaban J connectivity index is 1.12. The molecular weight excluding hydrogens is 372 g/mol. The summed E-state index contributed by atoms with van der Waals surface area (Å²) in [6.07, 6.45) is 5.76. The fraction of sp³-hybridized carbons (Fsp3) is 0.696. The van der Waals surface area contributed by atoms with Gasteiger partial charge in [-0.1, -0.05) is 30.3 Å². The molecule has 0 saturated carbocycles. The average Bonchev–Trinajstić information content (AvgIpc) is 3.48. The molecule has 0 unspecified atom stereocenters. The third-order valence-corrected chi connectivity index (χ3v) is 6.24. The molecule has 0 amide bonds. The van der Waals surface area contributed by atoms with Crippen LogP contribution in [-0.2, 0) is 30.3 Å². The number of hydrogen-bond acceptors (Lipinski definition) is 6. The van der Waals surface area contributed by atoms with E-state index in [2.05, 4.69) is 0 Å². The number of carbonyl (C=O) groups is 1. The quantitative estimate of drug-likeness (QED) is 0.503. The molecule has 6 nitrogen and oxygen atoms in total. The summed E-state index contributed by atoms with van der Waals surface area (Å²) in [4.78, 5) is 11.3. The van der Waals surface area contributed by atoms with Crippen LogP contribution in [0.15, 0.2) is 30.3 Å². The van der Waals surface area contributed by atoms with E-state index in [1.54, 1.807) is 0 Å². The van der Waals surface area contributed by atoms with Crippen LogP contribution in [0.2, 0.25) is 0 Å². The van der Waals surface area contributed by atoms with E-state index in [0.717, 1.165) is 44.1 Å². The van der Waals surface area contributed by atoms with Gasteiger partial charge in [0.15, 0.2) is 0 Å². The lowest BCUT2D eigenvalue weighted by Crippen LogP contribution is -2.33. The first-order chi connectivity index (χ1) is 14.2. The molecule has 0 aromatic heterocycles. The molecule has 0 spiro atoms. The van der Waals surface area contributed by atoms with Gasteiger partial charge >= 0.3 is 5.97 Å². The van der Waals surface area contributed by atoms with E-state index in [1.807, 2.05) is 30.3 Å². The highest BCUT2D eigenvalue weighted by Gasteiger charge is 2.43. The van der Waals surface area contributed by atoms with E-state index in [9.17, 15) is 9.90 Å². The highest BCUT2D eigenvalue weighted by Crippen LogP contribution is 2.36. The molecule has 0 aliphatic carbocycles. The third kappa shape index (κ3) is 5.57. The monoisotopic (exact) mass is 404 g/mol. The van der Waals surface area contributed by atoms with Crippen LogP contribution in [0.5, 0.6) is 0 Å². The smallest absolute Gasteiger partial charge is 0.306 e. The van der Waals surface area contributed by atoms with Crippen LogP contribution >= 0.6 is 0 Å². The summed E-state index contributed by atoms with van der Waals surface area (Å²) in [6.45, 7) is 1.24. The first kappa shape index (κ1) is 20.8. The minimum absolute atomic E-state index is 0.000729. The van der Waals surface area contributed by atoms with Crippen molar-refractivity contribution in [2.45, 2.75) is 94.6 Å². The Labute approximate surface area is 172 Å². The molecule has 3 fully saturated rings. The molecule has 0 radical (unpaired) electrons. The highest BCUT2D eigenvalue weighted by atomic mass is 16.6. The van der Waals surface area contributed by atoms with Gasteiger partial charge in [-0.15, -0.1) is 0 Å². The third-order valence-electron chi connectivity index (χ3n) is 6.24. The van der Waals surface area contributed by atoms with Gasteiger partial charge in [0.25, 0.3) is 0 Å². The molecule has 4 rings (SSSR count). The van der Waals surface area contributed by atoms with Crippen molar-refractivity contribution < 1.29 is 28.8 Å². The highest BCUT2D eigenvalue weighted by molar-refractivity contribution is 5.71. The lowest BCUT2D eigenvalue weighted by molar-refractivity contribution is -0.149. The van der Waals surface area contributed by atoms with Crippen molar-refractivity contribution in [3.63, 3.8) is 0 Å². The van der Waals surface area contributed by atoms with Crippen molar-refractivity contribution in [3.05, 3.63) is 35.9 Å². The van der Waals surface area contributed by atoms with Crippen LogP contribution in [0.3, 0.4) is 0 Å². The summed E-state index contributed by atoms with van der Waals surface area (Å²) in [7, 11) is 0. The number of ether oxygens (including phenoxy) is 4. The van der Waals surface area contributed by atoms with Crippen LogP contribution in [-0.4, -0.2) is 54.3 Å². The van der Waals surface area contributed by atoms with Crippen LogP contribution in [0.25, 0.3) is 0 Å². The van der Waals surface area contributed by atoms with Crippen molar-refractivity contribution in [2.75, 3.05) is 6.61 Å². The van der Waals surface area contributed by atoms with Gasteiger partial charge in [0, 0.05) is 13.0 Å². The maximum Gasteiger partial charge on any atom is 0.306 e. The maximum atomic E-state index is 11.3. The molecule has 6 heteroatoms. The van der Waals surface area contributed by atoms with Gasteiger partial charge in [-0.25, -0.2) is 0 Å². The molecule has 1 aromatic carbocycles. The van der Waals surface area contributed by atoms with E-state index in [4.69, 9.17) is 18.9 Å². The Morgan fingerprint density at radius 3 is 2.45 bits per heavy atom. The van der Waals surface area contributed by atoms with Crippen molar-refractivity contribution >= 4 is 5.97 Å². The summed E-state index contributed by atoms with van der Waals surface area (Å²) in [5, 5.41) is 10.5. The largest absolute Gasteiger partial charge is 0.460 e. The minimum Gasteiger partial charge on any atom is -0.460 e. The van der Waals surface area contributed by atoms with Gasteiger partial charge in [0.05, 0.1) is 37.1 Å². The molecule has 0 bridgehead atoms. The zero-order valence-corrected chi connectivity index (χ0v) is 16.9. The Kier molecular flexibility index (Phi) is 7.19. The lowest BCUT2D eigenvalue weighted by Gasteiger charge is -2.24. The van der Waals surface area contributed by atoms with Crippen molar-refractivity contribution in [2.24, 2.45) is 0 Å². The fourth-order valence-electron chi connectivity index (χ4n) is 4.64. The van der Waals surface area contributed by atoms with Crippen LogP contribution < -0.4 is 0 Å². The van der Waals surface area contributed by atoms with Gasteiger partial charge in [0.2, 0.25) is 0 Å². The Hall–Kier alpha value is -1.47.